The molecule has 0 saturated heterocycles. The molecule has 0 spiro atoms. The number of carboxylic acid groups (broad SMARTS) is 1. The number of imidazole rings is 1. The van der Waals surface area contributed by atoms with Gasteiger partial charge in [-0.1, -0.05) is 13.8 Å². The first kappa shape index (κ1) is 30.3. The van der Waals surface area contributed by atoms with Crippen LogP contribution >= 0.6 is 0 Å². The largest absolute Gasteiger partial charge is 0.483 e. The van der Waals surface area contributed by atoms with E-state index in [2.05, 4.69) is 34.3 Å². The van der Waals surface area contributed by atoms with Gasteiger partial charge in [-0.25, -0.2) is 14.2 Å². The van der Waals surface area contributed by atoms with Crippen molar-refractivity contribution in [3.05, 3.63) is 35.8 Å². The second-order valence-electron chi connectivity index (χ2n) is 10.3. The second kappa shape index (κ2) is 13.2. The quantitative estimate of drug-likeness (QED) is 0.455. The van der Waals surface area contributed by atoms with E-state index in [9.17, 15) is 14.4 Å². The monoisotopic (exact) mass is 557 g/mol. The summed E-state index contributed by atoms with van der Waals surface area (Å²) < 4.78 is 5.34. The minimum absolute atomic E-state index is 0.137. The van der Waals surface area contributed by atoms with Gasteiger partial charge in [-0.05, 0) is 32.6 Å². The summed E-state index contributed by atoms with van der Waals surface area (Å²) in [7, 11) is 3.52. The Kier molecular flexibility index (Phi) is 10.0. The van der Waals surface area contributed by atoms with Crippen LogP contribution in [-0.4, -0.2) is 94.2 Å². The van der Waals surface area contributed by atoms with Gasteiger partial charge in [0.15, 0.2) is 0 Å². The lowest BCUT2D eigenvalue weighted by Crippen LogP contribution is -2.47. The van der Waals surface area contributed by atoms with Gasteiger partial charge in [0, 0.05) is 46.0 Å². The molecule has 2 atom stereocenters. The molecule has 3 amide bonds. The summed E-state index contributed by atoms with van der Waals surface area (Å²) in [4.78, 5) is 55.9. The SMILES string of the molecule is Cc1nc2n(n1)CCN(C(=O)c1cnn3ccn(C)c13)CCCC(=O)N(C)[C@@H](C)C(=O)NC2CC(C)C.O=CO. The number of amides is 3. The Morgan fingerprint density at radius 3 is 2.58 bits per heavy atom. The molecule has 0 radical (unpaired) electrons. The summed E-state index contributed by atoms with van der Waals surface area (Å²) in [6.45, 7) is 8.63. The molecule has 0 aliphatic carbocycles. The maximum Gasteiger partial charge on any atom is 0.290 e. The molecule has 1 aliphatic heterocycles. The van der Waals surface area contributed by atoms with Crippen molar-refractivity contribution in [3.8, 4) is 0 Å². The number of hydrogen-bond acceptors (Lipinski definition) is 7. The first-order chi connectivity index (χ1) is 19.0. The van der Waals surface area contributed by atoms with Crippen LogP contribution in [-0.2, 0) is 28.0 Å². The maximum atomic E-state index is 13.7. The zero-order valence-electron chi connectivity index (χ0n) is 23.9. The van der Waals surface area contributed by atoms with Crippen molar-refractivity contribution in [1.82, 2.24) is 44.1 Å². The molecule has 1 aliphatic rings. The van der Waals surface area contributed by atoms with Gasteiger partial charge < -0.3 is 24.8 Å². The Bertz CT molecular complexity index is 1340. The lowest BCUT2D eigenvalue weighted by atomic mass is 10.0. The van der Waals surface area contributed by atoms with E-state index >= 15 is 0 Å². The van der Waals surface area contributed by atoms with E-state index in [4.69, 9.17) is 9.90 Å². The standard InChI is InChI=1S/C25H37N9O3.CH2O2/c1-16(2)14-20-22-27-18(4)29-33(22)13-11-32(9-7-8-21(35)31(6)17(3)23(36)28-20)25(37)19-15-26-34-12-10-30(5)24(19)34;2-1-3/h10,12,15-17,20H,7-9,11,13-14H2,1-6H3,(H,28,36);1H,(H,2,3)/t17-,20?;/m0./s1. The highest BCUT2D eigenvalue weighted by atomic mass is 16.3. The third-order valence-electron chi connectivity index (χ3n) is 6.95. The Morgan fingerprint density at radius 1 is 1.20 bits per heavy atom. The highest BCUT2D eigenvalue weighted by Crippen LogP contribution is 2.22. The van der Waals surface area contributed by atoms with E-state index < -0.39 is 6.04 Å². The van der Waals surface area contributed by atoms with Crippen LogP contribution in [0.15, 0.2) is 18.6 Å². The van der Waals surface area contributed by atoms with Gasteiger partial charge in [0.1, 0.15) is 28.9 Å². The van der Waals surface area contributed by atoms with Crippen molar-refractivity contribution in [2.24, 2.45) is 13.0 Å². The summed E-state index contributed by atoms with van der Waals surface area (Å²) in [5.41, 5.74) is 1.22. The summed E-state index contributed by atoms with van der Waals surface area (Å²) in [6.07, 6.45) is 6.61. The van der Waals surface area contributed by atoms with E-state index in [0.29, 0.717) is 55.3 Å². The molecule has 2 N–H and O–H groups in total. The minimum atomic E-state index is -0.640. The van der Waals surface area contributed by atoms with Crippen LogP contribution in [0.4, 0.5) is 0 Å². The van der Waals surface area contributed by atoms with Crippen LogP contribution in [0.3, 0.4) is 0 Å². The van der Waals surface area contributed by atoms with Gasteiger partial charge in [-0.3, -0.25) is 19.2 Å². The van der Waals surface area contributed by atoms with Crippen molar-refractivity contribution in [2.75, 3.05) is 20.1 Å². The Hall–Kier alpha value is -4.23. The van der Waals surface area contributed by atoms with E-state index in [1.54, 1.807) is 40.5 Å². The van der Waals surface area contributed by atoms with E-state index in [1.165, 1.54) is 4.90 Å². The molecular formula is C26H39N9O5. The molecule has 4 heterocycles. The number of aryl methyl sites for hydroxylation is 2. The van der Waals surface area contributed by atoms with Gasteiger partial charge in [-0.15, -0.1) is 0 Å². The summed E-state index contributed by atoms with van der Waals surface area (Å²) in [5, 5.41) is 18.9. The van der Waals surface area contributed by atoms with Crippen molar-refractivity contribution in [3.63, 3.8) is 0 Å². The number of nitrogens with one attached hydrogen (secondary N) is 1. The van der Waals surface area contributed by atoms with E-state index in [-0.39, 0.29) is 42.6 Å². The van der Waals surface area contributed by atoms with Crippen LogP contribution in [0.25, 0.3) is 5.65 Å². The number of carbonyl (C=O) groups is 4. The molecule has 3 aromatic rings. The number of aromatic nitrogens is 6. The zero-order chi connectivity index (χ0) is 29.6. The Morgan fingerprint density at radius 2 is 1.90 bits per heavy atom. The van der Waals surface area contributed by atoms with Crippen molar-refractivity contribution in [2.45, 2.75) is 65.6 Å². The molecule has 218 valence electrons. The minimum Gasteiger partial charge on any atom is -0.483 e. The molecule has 40 heavy (non-hydrogen) atoms. The number of likely N-dealkylation sites (N-methyl/N-ethyl adjacent to an activating group) is 1. The van der Waals surface area contributed by atoms with Gasteiger partial charge >= 0.3 is 0 Å². The average molecular weight is 558 g/mol. The Balaban J connectivity index is 0.00000141. The van der Waals surface area contributed by atoms with Gasteiger partial charge in [-0.2, -0.15) is 10.2 Å². The topological polar surface area (TPSA) is 160 Å². The highest BCUT2D eigenvalue weighted by molar-refractivity contribution is 5.99. The molecule has 3 aromatic heterocycles. The summed E-state index contributed by atoms with van der Waals surface area (Å²) >= 11 is 0. The third-order valence-corrected chi connectivity index (χ3v) is 6.95. The second-order valence-corrected chi connectivity index (χ2v) is 10.3. The van der Waals surface area contributed by atoms with Crippen molar-refractivity contribution < 1.29 is 24.3 Å². The van der Waals surface area contributed by atoms with Crippen molar-refractivity contribution in [1.29, 1.82) is 0 Å². The van der Waals surface area contributed by atoms with Crippen LogP contribution < -0.4 is 5.32 Å². The lowest BCUT2D eigenvalue weighted by Gasteiger charge is -2.29. The molecular weight excluding hydrogens is 518 g/mol. The van der Waals surface area contributed by atoms with Gasteiger partial charge in [0.05, 0.1) is 18.8 Å². The van der Waals surface area contributed by atoms with Crippen LogP contribution in [0, 0.1) is 12.8 Å². The normalized spacial score (nSPS) is 19.1. The fourth-order valence-corrected chi connectivity index (χ4v) is 4.78. The molecule has 0 aromatic carbocycles. The first-order valence-corrected chi connectivity index (χ1v) is 13.3. The Labute approximate surface area is 232 Å². The molecule has 0 saturated carbocycles. The number of rotatable bonds is 3. The van der Waals surface area contributed by atoms with Gasteiger partial charge in [0.25, 0.3) is 12.4 Å². The fraction of sp³-hybridized carbons (Fsp3) is 0.577. The number of hydrogen-bond donors (Lipinski definition) is 2. The smallest absolute Gasteiger partial charge is 0.290 e. The molecule has 0 fully saturated rings. The molecule has 4 rings (SSSR count). The van der Waals surface area contributed by atoms with Gasteiger partial charge in [0.2, 0.25) is 11.8 Å². The number of fused-ring (bicyclic) bond motifs is 2. The predicted molar refractivity (Wildman–Crippen MR) is 145 cm³/mol. The van der Waals surface area contributed by atoms with E-state index in [0.717, 1.165) is 0 Å². The van der Waals surface area contributed by atoms with Crippen LogP contribution in [0.5, 0.6) is 0 Å². The summed E-state index contributed by atoms with van der Waals surface area (Å²) in [6, 6.07) is -1.01. The zero-order valence-corrected chi connectivity index (χ0v) is 23.9. The predicted octanol–water partition coefficient (Wildman–Crippen LogP) is 1.26. The first-order valence-electron chi connectivity index (χ1n) is 13.3. The van der Waals surface area contributed by atoms with Crippen molar-refractivity contribution >= 4 is 29.8 Å². The lowest BCUT2D eigenvalue weighted by molar-refractivity contribution is -0.138. The van der Waals surface area contributed by atoms with Crippen LogP contribution in [0.2, 0.25) is 0 Å². The molecule has 14 heteroatoms. The fourth-order valence-electron chi connectivity index (χ4n) is 4.78. The third kappa shape index (κ3) is 6.85. The number of carbonyl (C=O) groups excluding carboxylic acids is 3. The van der Waals surface area contributed by atoms with Crippen LogP contribution in [0.1, 0.15) is 68.1 Å². The maximum absolute atomic E-state index is 13.7. The van der Waals surface area contributed by atoms with E-state index in [1.807, 2.05) is 24.7 Å². The summed E-state index contributed by atoms with van der Waals surface area (Å²) in [5.74, 6) is 1.03. The molecule has 1 unspecified atom stereocenters. The highest BCUT2D eigenvalue weighted by Gasteiger charge is 2.29. The average Bonchev–Trinajstić information content (AvgIpc) is 3.60. The molecule has 14 nitrogen and oxygen atoms in total. The number of nitrogens with zero attached hydrogens (tertiary/aromatic N) is 8. The molecule has 0 bridgehead atoms.